The number of benzene rings is 1. The Labute approximate surface area is 142 Å². The lowest BCUT2D eigenvalue weighted by atomic mass is 9.96. The van der Waals surface area contributed by atoms with Crippen LogP contribution in [0.3, 0.4) is 0 Å². The van der Waals surface area contributed by atoms with Crippen molar-refractivity contribution in [3.05, 3.63) is 28.8 Å². The molecule has 3 rings (SSSR count). The van der Waals surface area contributed by atoms with Crippen LogP contribution in [0.1, 0.15) is 48.8 Å². The minimum Gasteiger partial charge on any atom is -0.481 e. The average molecular weight is 331 g/mol. The first kappa shape index (κ1) is 16.8. The monoisotopic (exact) mass is 331 g/mol. The predicted octanol–water partition coefficient (Wildman–Crippen LogP) is 2.85. The van der Waals surface area contributed by atoms with Crippen molar-refractivity contribution in [1.29, 1.82) is 0 Å². The topological polar surface area (TPSA) is 66.8 Å². The molecule has 1 N–H and O–H groups in total. The van der Waals surface area contributed by atoms with Gasteiger partial charge >= 0.3 is 5.97 Å². The Balaban J connectivity index is 1.70. The number of piperidine rings is 1. The highest BCUT2D eigenvalue weighted by molar-refractivity contribution is 5.83. The van der Waals surface area contributed by atoms with Crippen LogP contribution in [0, 0.1) is 13.8 Å². The molecule has 5 heteroatoms. The number of carbonyl (C=O) groups excluding carboxylic acids is 1. The van der Waals surface area contributed by atoms with Gasteiger partial charge in [0.1, 0.15) is 5.75 Å². The van der Waals surface area contributed by atoms with Gasteiger partial charge in [0.15, 0.2) is 6.10 Å². The highest BCUT2D eigenvalue weighted by atomic mass is 16.5. The zero-order chi connectivity index (χ0) is 17.3. The Hall–Kier alpha value is -2.04. The van der Waals surface area contributed by atoms with Crippen LogP contribution in [0.4, 0.5) is 0 Å². The van der Waals surface area contributed by atoms with Crippen LogP contribution in [-0.2, 0) is 16.0 Å². The molecule has 0 radical (unpaired) electrons. The molecule has 1 aromatic rings. The van der Waals surface area contributed by atoms with Gasteiger partial charge in [-0.3, -0.25) is 9.59 Å². The lowest BCUT2D eigenvalue weighted by Gasteiger charge is -2.37. The van der Waals surface area contributed by atoms with Gasteiger partial charge in [-0.05, 0) is 62.3 Å². The van der Waals surface area contributed by atoms with Crippen molar-refractivity contribution in [2.75, 3.05) is 6.54 Å². The third-order valence-corrected chi connectivity index (χ3v) is 5.23. The molecule has 2 aliphatic rings. The number of hydrogen-bond donors (Lipinski definition) is 1. The minimum absolute atomic E-state index is 0.0107. The van der Waals surface area contributed by atoms with Gasteiger partial charge in [0.05, 0.1) is 0 Å². The van der Waals surface area contributed by atoms with Gasteiger partial charge in [-0.15, -0.1) is 0 Å². The van der Waals surface area contributed by atoms with Crippen molar-refractivity contribution < 1.29 is 19.4 Å². The van der Waals surface area contributed by atoms with E-state index in [1.54, 1.807) is 0 Å². The first-order chi connectivity index (χ1) is 11.5. The molecular formula is C19H25NO4. The normalized spacial score (nSPS) is 22.8. The van der Waals surface area contributed by atoms with Crippen molar-refractivity contribution >= 4 is 11.9 Å². The molecule has 2 atom stereocenters. The van der Waals surface area contributed by atoms with Crippen LogP contribution in [0.2, 0.25) is 0 Å². The highest BCUT2D eigenvalue weighted by Gasteiger charge is 2.36. The molecule has 1 aromatic carbocycles. The molecule has 1 amide bonds. The molecule has 130 valence electrons. The number of carboxylic acid groups (broad SMARTS) is 1. The molecule has 0 bridgehead atoms. The number of ether oxygens (including phenoxy) is 1. The van der Waals surface area contributed by atoms with Gasteiger partial charge in [-0.2, -0.15) is 0 Å². The van der Waals surface area contributed by atoms with E-state index < -0.39 is 12.1 Å². The molecule has 0 aromatic heterocycles. The van der Waals surface area contributed by atoms with Crippen LogP contribution in [0.15, 0.2) is 12.1 Å². The zero-order valence-electron chi connectivity index (χ0n) is 14.4. The molecule has 2 unspecified atom stereocenters. The minimum atomic E-state index is -0.802. The highest BCUT2D eigenvalue weighted by Crippen LogP contribution is 2.33. The number of amides is 1. The van der Waals surface area contributed by atoms with Gasteiger partial charge in [0.25, 0.3) is 5.91 Å². The smallest absolute Gasteiger partial charge is 0.303 e. The van der Waals surface area contributed by atoms with Crippen molar-refractivity contribution in [3.8, 4) is 5.75 Å². The first-order valence-corrected chi connectivity index (χ1v) is 8.74. The molecule has 1 fully saturated rings. The van der Waals surface area contributed by atoms with E-state index in [1.807, 2.05) is 17.9 Å². The second-order valence-electron chi connectivity index (χ2n) is 6.97. The van der Waals surface area contributed by atoms with E-state index in [0.29, 0.717) is 19.4 Å². The fourth-order valence-corrected chi connectivity index (χ4v) is 3.72. The van der Waals surface area contributed by atoms with Crippen molar-refractivity contribution in [2.24, 2.45) is 0 Å². The summed E-state index contributed by atoms with van der Waals surface area (Å²) in [6.07, 6.45) is 3.70. The third-order valence-electron chi connectivity index (χ3n) is 5.23. The fourth-order valence-electron chi connectivity index (χ4n) is 3.72. The first-order valence-electron chi connectivity index (χ1n) is 8.74. The molecule has 1 saturated heterocycles. The van der Waals surface area contributed by atoms with Gasteiger partial charge in [0, 0.05) is 25.4 Å². The van der Waals surface area contributed by atoms with Crippen molar-refractivity contribution in [2.45, 2.75) is 64.5 Å². The molecule has 0 saturated carbocycles. The quantitative estimate of drug-likeness (QED) is 0.921. The van der Waals surface area contributed by atoms with Crippen molar-refractivity contribution in [1.82, 2.24) is 4.90 Å². The second kappa shape index (κ2) is 6.83. The van der Waals surface area contributed by atoms with Crippen LogP contribution >= 0.6 is 0 Å². The summed E-state index contributed by atoms with van der Waals surface area (Å²) in [5.74, 6) is 0.0237. The maximum absolute atomic E-state index is 12.9. The van der Waals surface area contributed by atoms with Crippen LogP contribution in [-0.4, -0.2) is 40.6 Å². The summed E-state index contributed by atoms with van der Waals surface area (Å²) in [6.45, 7) is 4.81. The number of aryl methyl sites for hydroxylation is 2. The van der Waals surface area contributed by atoms with E-state index in [0.717, 1.165) is 30.6 Å². The number of aliphatic carboxylic acids is 1. The number of nitrogens with zero attached hydrogens (tertiary/aromatic N) is 1. The summed E-state index contributed by atoms with van der Waals surface area (Å²) in [7, 11) is 0. The number of hydrogen-bond acceptors (Lipinski definition) is 3. The van der Waals surface area contributed by atoms with Gasteiger partial charge in [0.2, 0.25) is 0 Å². The molecule has 24 heavy (non-hydrogen) atoms. The molecule has 2 aliphatic heterocycles. The summed E-state index contributed by atoms with van der Waals surface area (Å²) in [4.78, 5) is 25.7. The van der Waals surface area contributed by atoms with Crippen molar-refractivity contribution in [3.63, 3.8) is 0 Å². The van der Waals surface area contributed by atoms with Gasteiger partial charge < -0.3 is 14.7 Å². The predicted molar refractivity (Wildman–Crippen MR) is 90.3 cm³/mol. The average Bonchev–Trinajstić information content (AvgIpc) is 2.95. The molecule has 0 spiro atoms. The largest absolute Gasteiger partial charge is 0.481 e. The fraction of sp³-hybridized carbons (Fsp3) is 0.579. The van der Waals surface area contributed by atoms with Gasteiger partial charge in [-0.1, -0.05) is 6.07 Å². The lowest BCUT2D eigenvalue weighted by Crippen LogP contribution is -2.49. The summed E-state index contributed by atoms with van der Waals surface area (Å²) in [5.41, 5.74) is 3.47. The Kier molecular flexibility index (Phi) is 4.78. The second-order valence-corrected chi connectivity index (χ2v) is 6.97. The van der Waals surface area contributed by atoms with E-state index in [2.05, 4.69) is 13.0 Å². The number of rotatable bonds is 4. The maximum Gasteiger partial charge on any atom is 0.303 e. The summed E-state index contributed by atoms with van der Waals surface area (Å²) < 4.78 is 5.92. The number of likely N-dealkylation sites (tertiary alicyclic amines) is 1. The number of carboxylic acids is 1. The lowest BCUT2D eigenvalue weighted by molar-refractivity contribution is -0.144. The number of fused-ring (bicyclic) bond motifs is 1. The van der Waals surface area contributed by atoms with Crippen LogP contribution in [0.25, 0.3) is 0 Å². The number of carbonyl (C=O) groups is 2. The Morgan fingerprint density at radius 3 is 2.75 bits per heavy atom. The Bertz CT molecular complexity index is 624. The standard InChI is InChI=1S/C19H25NO4/c1-12-9-14-11-17(24-16(14)10-13(12)2)19(23)20-8-4-3-5-15(20)6-7-18(21)22/h9-10,15,17H,3-8,11H2,1-2H3,(H,21,22). The summed E-state index contributed by atoms with van der Waals surface area (Å²) in [5, 5.41) is 8.92. The Morgan fingerprint density at radius 1 is 1.25 bits per heavy atom. The Morgan fingerprint density at radius 2 is 2.00 bits per heavy atom. The van der Waals surface area contributed by atoms with E-state index in [9.17, 15) is 9.59 Å². The third kappa shape index (κ3) is 3.40. The molecule has 5 nitrogen and oxygen atoms in total. The van der Waals surface area contributed by atoms with E-state index in [-0.39, 0.29) is 18.4 Å². The van der Waals surface area contributed by atoms with Crippen LogP contribution in [0.5, 0.6) is 5.75 Å². The molecular weight excluding hydrogens is 306 g/mol. The van der Waals surface area contributed by atoms with E-state index >= 15 is 0 Å². The van der Waals surface area contributed by atoms with Crippen LogP contribution < -0.4 is 4.74 Å². The molecule has 2 heterocycles. The molecule has 0 aliphatic carbocycles. The summed E-state index contributed by atoms with van der Waals surface area (Å²) >= 11 is 0. The SMILES string of the molecule is Cc1cc2c(cc1C)OC(C(=O)N1CCCCC1CCC(=O)O)C2. The maximum atomic E-state index is 12.9. The van der Waals surface area contributed by atoms with E-state index in [1.165, 1.54) is 11.1 Å². The van der Waals surface area contributed by atoms with E-state index in [4.69, 9.17) is 9.84 Å². The zero-order valence-corrected chi connectivity index (χ0v) is 14.4. The van der Waals surface area contributed by atoms with Gasteiger partial charge in [-0.25, -0.2) is 0 Å². The summed E-state index contributed by atoms with van der Waals surface area (Å²) in [6, 6.07) is 4.14.